The van der Waals surface area contributed by atoms with Crippen molar-refractivity contribution in [2.24, 2.45) is 0 Å². The van der Waals surface area contributed by atoms with Gasteiger partial charge in [-0.15, -0.1) is 0 Å². The van der Waals surface area contributed by atoms with Gasteiger partial charge >= 0.3 is 12.1 Å². The normalized spacial score (nSPS) is 23.5. The standard InChI is InChI=1S/C16H29N3O3/c1-13-7-5-6-8-19(13)14(20)17-9-11-18(12-10-17)15(21)22-16(2,3)4/h13H,5-12H2,1-4H3. The number of likely N-dealkylation sites (tertiary alicyclic amines) is 1. The molecule has 2 aliphatic rings. The van der Waals surface area contributed by atoms with Gasteiger partial charge in [0.15, 0.2) is 0 Å². The molecule has 0 spiro atoms. The van der Waals surface area contributed by atoms with Crippen LogP contribution in [0.2, 0.25) is 0 Å². The maximum Gasteiger partial charge on any atom is 0.410 e. The predicted octanol–water partition coefficient (Wildman–Crippen LogP) is 2.53. The Morgan fingerprint density at radius 2 is 1.55 bits per heavy atom. The minimum atomic E-state index is -0.479. The lowest BCUT2D eigenvalue weighted by atomic mass is 10.0. The Hall–Kier alpha value is -1.46. The van der Waals surface area contributed by atoms with Crippen LogP contribution in [-0.4, -0.2) is 71.2 Å². The van der Waals surface area contributed by atoms with Gasteiger partial charge in [-0.05, 0) is 47.0 Å². The molecule has 1 unspecified atom stereocenters. The predicted molar refractivity (Wildman–Crippen MR) is 84.8 cm³/mol. The summed E-state index contributed by atoms with van der Waals surface area (Å²) < 4.78 is 5.38. The van der Waals surface area contributed by atoms with Gasteiger partial charge in [0.05, 0.1) is 0 Å². The number of carbonyl (C=O) groups excluding carboxylic acids is 2. The molecular formula is C16H29N3O3. The van der Waals surface area contributed by atoms with Crippen molar-refractivity contribution in [1.82, 2.24) is 14.7 Å². The number of urea groups is 1. The van der Waals surface area contributed by atoms with Crippen molar-refractivity contribution < 1.29 is 14.3 Å². The molecule has 0 aromatic rings. The Bertz CT molecular complexity index is 411. The Morgan fingerprint density at radius 3 is 2.09 bits per heavy atom. The number of nitrogens with zero attached hydrogens (tertiary/aromatic N) is 3. The van der Waals surface area contributed by atoms with E-state index in [1.54, 1.807) is 4.90 Å². The summed E-state index contributed by atoms with van der Waals surface area (Å²) in [6, 6.07) is 0.446. The van der Waals surface area contributed by atoms with E-state index in [0.717, 1.165) is 19.4 Å². The SMILES string of the molecule is CC1CCCCN1C(=O)N1CCN(C(=O)OC(C)(C)C)CC1. The van der Waals surface area contributed by atoms with Gasteiger partial charge in [0.1, 0.15) is 5.60 Å². The molecule has 0 aromatic heterocycles. The Balaban J connectivity index is 1.84. The van der Waals surface area contributed by atoms with E-state index >= 15 is 0 Å². The van der Waals surface area contributed by atoms with Crippen molar-refractivity contribution in [2.75, 3.05) is 32.7 Å². The fourth-order valence-corrected chi connectivity index (χ4v) is 2.97. The van der Waals surface area contributed by atoms with E-state index in [1.165, 1.54) is 6.42 Å². The first kappa shape index (κ1) is 16.9. The van der Waals surface area contributed by atoms with E-state index in [1.807, 2.05) is 30.6 Å². The number of hydrogen-bond acceptors (Lipinski definition) is 3. The molecule has 2 aliphatic heterocycles. The van der Waals surface area contributed by atoms with Crippen LogP contribution < -0.4 is 0 Å². The zero-order valence-corrected chi connectivity index (χ0v) is 14.3. The Kier molecular flexibility index (Phi) is 5.19. The lowest BCUT2D eigenvalue weighted by Crippen LogP contribution is -2.56. The molecule has 0 aliphatic carbocycles. The molecule has 0 bridgehead atoms. The highest BCUT2D eigenvalue weighted by atomic mass is 16.6. The summed E-state index contributed by atoms with van der Waals surface area (Å²) >= 11 is 0. The van der Waals surface area contributed by atoms with Crippen molar-refractivity contribution in [3.05, 3.63) is 0 Å². The minimum Gasteiger partial charge on any atom is -0.444 e. The summed E-state index contributed by atoms with van der Waals surface area (Å²) in [6.07, 6.45) is 3.10. The van der Waals surface area contributed by atoms with Crippen LogP contribution in [0, 0.1) is 0 Å². The van der Waals surface area contributed by atoms with Gasteiger partial charge in [-0.2, -0.15) is 0 Å². The average Bonchev–Trinajstić information content (AvgIpc) is 2.45. The van der Waals surface area contributed by atoms with Crippen LogP contribution in [0.1, 0.15) is 47.0 Å². The highest BCUT2D eigenvalue weighted by molar-refractivity contribution is 5.75. The molecule has 0 aromatic carbocycles. The summed E-state index contributed by atoms with van der Waals surface area (Å²) in [5, 5.41) is 0. The summed E-state index contributed by atoms with van der Waals surface area (Å²) in [4.78, 5) is 30.2. The number of ether oxygens (including phenoxy) is 1. The molecule has 2 saturated heterocycles. The van der Waals surface area contributed by atoms with Crippen molar-refractivity contribution in [3.63, 3.8) is 0 Å². The second-order valence-electron chi connectivity index (χ2n) is 7.28. The third kappa shape index (κ3) is 4.27. The van der Waals surface area contributed by atoms with Gasteiger partial charge in [-0.3, -0.25) is 0 Å². The molecular weight excluding hydrogens is 282 g/mol. The highest BCUT2D eigenvalue weighted by Crippen LogP contribution is 2.19. The third-order valence-electron chi connectivity index (χ3n) is 4.25. The van der Waals surface area contributed by atoms with E-state index in [-0.39, 0.29) is 12.1 Å². The van der Waals surface area contributed by atoms with Crippen molar-refractivity contribution in [1.29, 1.82) is 0 Å². The summed E-state index contributed by atoms with van der Waals surface area (Å²) in [5.74, 6) is 0. The van der Waals surface area contributed by atoms with Crippen molar-refractivity contribution in [2.45, 2.75) is 58.6 Å². The number of rotatable bonds is 0. The Labute approximate surface area is 133 Å². The summed E-state index contributed by atoms with van der Waals surface area (Å²) in [5.41, 5.74) is -0.479. The quantitative estimate of drug-likeness (QED) is 0.691. The Morgan fingerprint density at radius 1 is 0.955 bits per heavy atom. The fraction of sp³-hybridized carbons (Fsp3) is 0.875. The van der Waals surface area contributed by atoms with Crippen LogP contribution in [0.15, 0.2) is 0 Å². The second-order valence-corrected chi connectivity index (χ2v) is 7.28. The molecule has 6 nitrogen and oxygen atoms in total. The van der Waals surface area contributed by atoms with Crippen LogP contribution in [0.3, 0.4) is 0 Å². The van der Waals surface area contributed by atoms with Crippen LogP contribution in [0.5, 0.6) is 0 Å². The van der Waals surface area contributed by atoms with Crippen molar-refractivity contribution in [3.8, 4) is 0 Å². The van der Waals surface area contributed by atoms with Gasteiger partial charge in [-0.1, -0.05) is 0 Å². The lowest BCUT2D eigenvalue weighted by Gasteiger charge is -2.41. The molecule has 22 heavy (non-hydrogen) atoms. The molecule has 2 fully saturated rings. The maximum atomic E-state index is 12.6. The lowest BCUT2D eigenvalue weighted by molar-refractivity contribution is 0.0148. The monoisotopic (exact) mass is 311 g/mol. The maximum absolute atomic E-state index is 12.6. The zero-order valence-electron chi connectivity index (χ0n) is 14.3. The first-order chi connectivity index (χ1) is 10.3. The molecule has 0 radical (unpaired) electrons. The zero-order chi connectivity index (χ0) is 16.3. The van der Waals surface area contributed by atoms with Crippen LogP contribution in [-0.2, 0) is 4.74 Å². The second kappa shape index (κ2) is 6.75. The number of carbonyl (C=O) groups is 2. The van der Waals surface area contributed by atoms with Gasteiger partial charge in [0, 0.05) is 38.8 Å². The van der Waals surface area contributed by atoms with E-state index in [4.69, 9.17) is 4.74 Å². The largest absolute Gasteiger partial charge is 0.444 e. The highest BCUT2D eigenvalue weighted by Gasteiger charge is 2.31. The van der Waals surface area contributed by atoms with E-state index in [9.17, 15) is 9.59 Å². The van der Waals surface area contributed by atoms with Gasteiger partial charge in [0.2, 0.25) is 0 Å². The van der Waals surface area contributed by atoms with E-state index in [0.29, 0.717) is 32.2 Å². The van der Waals surface area contributed by atoms with Crippen LogP contribution in [0.4, 0.5) is 9.59 Å². The average molecular weight is 311 g/mol. The number of hydrogen-bond donors (Lipinski definition) is 0. The van der Waals surface area contributed by atoms with Gasteiger partial charge in [-0.25, -0.2) is 9.59 Å². The number of amides is 3. The molecule has 0 N–H and O–H groups in total. The summed E-state index contributed by atoms with van der Waals surface area (Å²) in [7, 11) is 0. The molecule has 3 amide bonds. The van der Waals surface area contributed by atoms with Crippen LogP contribution in [0.25, 0.3) is 0 Å². The minimum absolute atomic E-state index is 0.121. The van der Waals surface area contributed by atoms with Gasteiger partial charge < -0.3 is 19.4 Å². The molecule has 2 rings (SSSR count). The fourth-order valence-electron chi connectivity index (χ4n) is 2.97. The van der Waals surface area contributed by atoms with E-state index in [2.05, 4.69) is 6.92 Å². The molecule has 1 atom stereocenters. The number of piperidine rings is 1. The first-order valence-electron chi connectivity index (χ1n) is 8.31. The topological polar surface area (TPSA) is 53.1 Å². The smallest absolute Gasteiger partial charge is 0.410 e. The molecule has 2 heterocycles. The number of piperazine rings is 1. The molecule has 126 valence electrons. The van der Waals surface area contributed by atoms with Crippen molar-refractivity contribution >= 4 is 12.1 Å². The van der Waals surface area contributed by atoms with Crippen LogP contribution >= 0.6 is 0 Å². The first-order valence-corrected chi connectivity index (χ1v) is 8.31. The van der Waals surface area contributed by atoms with Gasteiger partial charge in [0.25, 0.3) is 0 Å². The molecule has 0 saturated carbocycles. The van der Waals surface area contributed by atoms with E-state index < -0.39 is 5.60 Å². The molecule has 6 heteroatoms. The third-order valence-corrected chi connectivity index (χ3v) is 4.25. The summed E-state index contributed by atoms with van der Waals surface area (Å²) in [6.45, 7) is 10.8.